The number of nitrogens with one attached hydrogen (secondary N) is 1. The number of hydrogen-bond donors (Lipinski definition) is 1. The van der Waals surface area contributed by atoms with Gasteiger partial charge in [0.05, 0.1) is 0 Å². The van der Waals surface area contributed by atoms with Crippen LogP contribution in [0.2, 0.25) is 0 Å². The quantitative estimate of drug-likeness (QED) is 0.469. The van der Waals surface area contributed by atoms with Crippen LogP contribution in [0.5, 0.6) is 0 Å². The van der Waals surface area contributed by atoms with E-state index >= 15 is 0 Å². The van der Waals surface area contributed by atoms with Crippen LogP contribution in [0.25, 0.3) is 0 Å². The molecular weight excluding hydrogens is 102 g/mol. The molecule has 2 atom stereocenters. The minimum absolute atomic E-state index is 0.427. The lowest BCUT2D eigenvalue weighted by Gasteiger charge is -1.93. The Morgan fingerprint density at radius 3 is 2.38 bits per heavy atom. The number of piperidine rings is 1. The molecule has 2 nitrogen and oxygen atoms in total. The van der Waals surface area contributed by atoms with Crippen LogP contribution in [-0.2, 0) is 4.79 Å². The fraction of sp³-hybridized carbons (Fsp3) is 0.833. The van der Waals surface area contributed by atoms with Crippen LogP contribution in [-0.4, -0.2) is 19.4 Å². The average Bonchev–Trinajstić information content (AvgIpc) is 2.22. The first-order valence-electron chi connectivity index (χ1n) is 3.09. The minimum atomic E-state index is 0.427. The average molecular weight is 111 g/mol. The molecule has 0 aromatic heterocycles. The molecule has 2 unspecified atom stereocenters. The van der Waals surface area contributed by atoms with Crippen molar-refractivity contribution in [1.82, 2.24) is 5.32 Å². The molecule has 2 heteroatoms. The smallest absolute Gasteiger partial charge is 0.123 e. The van der Waals surface area contributed by atoms with Gasteiger partial charge in [-0.2, -0.15) is 0 Å². The van der Waals surface area contributed by atoms with Gasteiger partial charge in [0.15, 0.2) is 0 Å². The number of carbonyl (C=O) groups excluding carboxylic acids is 1. The Labute approximate surface area is 48.3 Å². The van der Waals surface area contributed by atoms with Crippen molar-refractivity contribution in [3.05, 3.63) is 0 Å². The van der Waals surface area contributed by atoms with Crippen LogP contribution in [0.1, 0.15) is 0 Å². The summed E-state index contributed by atoms with van der Waals surface area (Å²) < 4.78 is 0. The molecule has 1 N–H and O–H groups in total. The predicted octanol–water partition coefficient (Wildman–Crippen LogP) is -0.349. The maximum absolute atomic E-state index is 10.2. The van der Waals surface area contributed by atoms with E-state index in [0.717, 1.165) is 19.4 Å². The number of aldehydes is 1. The molecular formula is C6H9NO. The topological polar surface area (TPSA) is 29.1 Å². The van der Waals surface area contributed by atoms with E-state index in [-0.39, 0.29) is 0 Å². The summed E-state index contributed by atoms with van der Waals surface area (Å²) in [6, 6.07) is 0. The summed E-state index contributed by atoms with van der Waals surface area (Å²) in [7, 11) is 0. The van der Waals surface area contributed by atoms with E-state index in [1.54, 1.807) is 0 Å². The molecule has 2 rings (SSSR count). The van der Waals surface area contributed by atoms with E-state index in [2.05, 4.69) is 5.32 Å². The molecule has 2 fully saturated rings. The zero-order chi connectivity index (χ0) is 5.56. The third-order valence-corrected chi connectivity index (χ3v) is 2.32. The molecule has 0 aromatic rings. The van der Waals surface area contributed by atoms with Gasteiger partial charge in [0.2, 0.25) is 0 Å². The van der Waals surface area contributed by atoms with Crippen molar-refractivity contribution in [1.29, 1.82) is 0 Å². The third kappa shape index (κ3) is 0.388. The molecule has 1 aliphatic heterocycles. The van der Waals surface area contributed by atoms with Gasteiger partial charge < -0.3 is 10.1 Å². The monoisotopic (exact) mass is 111 g/mol. The first-order chi connectivity index (χ1) is 3.93. The summed E-state index contributed by atoms with van der Waals surface area (Å²) in [5.74, 6) is 1.86. The van der Waals surface area contributed by atoms with Gasteiger partial charge in [0.1, 0.15) is 6.29 Å². The van der Waals surface area contributed by atoms with Crippen molar-refractivity contribution in [2.24, 2.45) is 17.8 Å². The summed E-state index contributed by atoms with van der Waals surface area (Å²) in [5.41, 5.74) is 0. The van der Waals surface area contributed by atoms with Gasteiger partial charge in [-0.1, -0.05) is 0 Å². The second-order valence-electron chi connectivity index (χ2n) is 2.70. The summed E-state index contributed by atoms with van der Waals surface area (Å²) in [4.78, 5) is 10.2. The second-order valence-corrected chi connectivity index (χ2v) is 2.70. The van der Waals surface area contributed by atoms with Crippen molar-refractivity contribution in [2.45, 2.75) is 0 Å². The lowest BCUT2D eigenvalue weighted by atomic mass is 10.3. The number of fused-ring (bicyclic) bond motifs is 1. The molecule has 8 heavy (non-hydrogen) atoms. The lowest BCUT2D eigenvalue weighted by molar-refractivity contribution is -0.109. The molecule has 0 spiro atoms. The standard InChI is InChI=1S/C6H9NO/c8-3-6-4-1-7-2-5(4)6/h3-7H,1-2H2. The first kappa shape index (κ1) is 4.50. The largest absolute Gasteiger partial charge is 0.316 e. The molecule has 44 valence electrons. The van der Waals surface area contributed by atoms with Crippen LogP contribution in [0, 0.1) is 17.8 Å². The molecule has 1 heterocycles. The fourth-order valence-corrected chi connectivity index (χ4v) is 1.67. The van der Waals surface area contributed by atoms with Crippen LogP contribution in [0.3, 0.4) is 0 Å². The van der Waals surface area contributed by atoms with Crippen molar-refractivity contribution < 1.29 is 4.79 Å². The minimum Gasteiger partial charge on any atom is -0.316 e. The Morgan fingerprint density at radius 2 is 2.00 bits per heavy atom. The highest BCUT2D eigenvalue weighted by molar-refractivity contribution is 5.60. The Hall–Kier alpha value is -0.370. The third-order valence-electron chi connectivity index (χ3n) is 2.32. The number of rotatable bonds is 1. The van der Waals surface area contributed by atoms with Gasteiger partial charge >= 0.3 is 0 Å². The second kappa shape index (κ2) is 1.32. The van der Waals surface area contributed by atoms with Gasteiger partial charge in [-0.05, 0) is 24.9 Å². The first-order valence-corrected chi connectivity index (χ1v) is 3.09. The maximum Gasteiger partial charge on any atom is 0.123 e. The van der Waals surface area contributed by atoms with Crippen LogP contribution in [0.15, 0.2) is 0 Å². The highest BCUT2D eigenvalue weighted by Crippen LogP contribution is 2.46. The summed E-state index contributed by atoms with van der Waals surface area (Å²) in [6.07, 6.45) is 1.11. The number of hydrogen-bond acceptors (Lipinski definition) is 2. The molecule has 0 radical (unpaired) electrons. The molecule has 0 bridgehead atoms. The van der Waals surface area contributed by atoms with Crippen LogP contribution < -0.4 is 5.32 Å². The molecule has 2 aliphatic rings. The van der Waals surface area contributed by atoms with E-state index < -0.39 is 0 Å². The summed E-state index contributed by atoms with van der Waals surface area (Å²) in [5, 5.41) is 3.23. The Kier molecular flexibility index (Phi) is 0.742. The molecule has 1 saturated heterocycles. The van der Waals surface area contributed by atoms with Gasteiger partial charge in [0, 0.05) is 5.92 Å². The Balaban J connectivity index is 2.03. The molecule has 0 amide bonds. The number of carbonyl (C=O) groups is 1. The van der Waals surface area contributed by atoms with Crippen molar-refractivity contribution in [3.63, 3.8) is 0 Å². The highest BCUT2D eigenvalue weighted by Gasteiger charge is 2.52. The van der Waals surface area contributed by atoms with Gasteiger partial charge in [-0.15, -0.1) is 0 Å². The van der Waals surface area contributed by atoms with Gasteiger partial charge in [-0.3, -0.25) is 0 Å². The molecule has 1 saturated carbocycles. The zero-order valence-corrected chi connectivity index (χ0v) is 4.63. The van der Waals surface area contributed by atoms with E-state index in [1.165, 1.54) is 0 Å². The van der Waals surface area contributed by atoms with E-state index in [0.29, 0.717) is 17.8 Å². The van der Waals surface area contributed by atoms with Crippen molar-refractivity contribution in [2.75, 3.05) is 13.1 Å². The summed E-state index contributed by atoms with van der Waals surface area (Å²) in [6.45, 7) is 2.15. The zero-order valence-electron chi connectivity index (χ0n) is 4.63. The van der Waals surface area contributed by atoms with E-state index in [1.807, 2.05) is 0 Å². The fourth-order valence-electron chi connectivity index (χ4n) is 1.67. The predicted molar refractivity (Wildman–Crippen MR) is 29.4 cm³/mol. The highest BCUT2D eigenvalue weighted by atomic mass is 16.1. The normalized spacial score (nSPS) is 50.8. The molecule has 1 aliphatic carbocycles. The van der Waals surface area contributed by atoms with Crippen LogP contribution >= 0.6 is 0 Å². The maximum atomic E-state index is 10.2. The molecule has 0 aromatic carbocycles. The SMILES string of the molecule is O=CC1C2CNCC12. The lowest BCUT2D eigenvalue weighted by Crippen LogP contribution is -2.14. The summed E-state index contributed by atoms with van der Waals surface area (Å²) >= 11 is 0. The Morgan fingerprint density at radius 1 is 1.38 bits per heavy atom. The van der Waals surface area contributed by atoms with Gasteiger partial charge in [-0.25, -0.2) is 0 Å². The van der Waals surface area contributed by atoms with Crippen molar-refractivity contribution >= 4 is 6.29 Å². The Bertz CT molecular complexity index is 114. The van der Waals surface area contributed by atoms with E-state index in [9.17, 15) is 4.79 Å². The van der Waals surface area contributed by atoms with E-state index in [4.69, 9.17) is 0 Å². The van der Waals surface area contributed by atoms with Crippen LogP contribution in [0.4, 0.5) is 0 Å². The van der Waals surface area contributed by atoms with Crippen molar-refractivity contribution in [3.8, 4) is 0 Å². The van der Waals surface area contributed by atoms with Gasteiger partial charge in [0.25, 0.3) is 0 Å².